The molecule has 0 radical (unpaired) electrons. The zero-order valence-corrected chi connectivity index (χ0v) is 15.1. The Bertz CT molecular complexity index is 444. The van der Waals surface area contributed by atoms with Crippen LogP contribution in [0.3, 0.4) is 0 Å². The standard InChI is InChI=1S/C17H30N2O4/c1-6-22-14(20)13-7-9-19(10-8-13)17(5)11-18(12-17)15(21)23-16(2,3)4/h13H,6-12H2,1-5H3. The number of rotatable bonds is 3. The van der Waals surface area contributed by atoms with Crippen molar-refractivity contribution in [3.05, 3.63) is 0 Å². The quantitative estimate of drug-likeness (QED) is 0.745. The van der Waals surface area contributed by atoms with Crippen molar-refractivity contribution in [2.45, 2.75) is 58.6 Å². The first-order chi connectivity index (χ1) is 10.6. The van der Waals surface area contributed by atoms with Crippen molar-refractivity contribution in [1.29, 1.82) is 0 Å². The van der Waals surface area contributed by atoms with Gasteiger partial charge in [0.2, 0.25) is 0 Å². The molecule has 6 nitrogen and oxygen atoms in total. The largest absolute Gasteiger partial charge is 0.466 e. The van der Waals surface area contributed by atoms with Gasteiger partial charge in [0.15, 0.2) is 0 Å². The SMILES string of the molecule is CCOC(=O)C1CCN(C2(C)CN(C(=O)OC(C)(C)C)C2)CC1. The van der Waals surface area contributed by atoms with Crippen molar-refractivity contribution >= 4 is 12.1 Å². The van der Waals surface area contributed by atoms with Crippen LogP contribution in [0.1, 0.15) is 47.5 Å². The van der Waals surface area contributed by atoms with Crippen LogP contribution in [0.25, 0.3) is 0 Å². The van der Waals surface area contributed by atoms with Crippen LogP contribution in [-0.4, -0.2) is 65.8 Å². The van der Waals surface area contributed by atoms with Gasteiger partial charge in [-0.2, -0.15) is 0 Å². The summed E-state index contributed by atoms with van der Waals surface area (Å²) < 4.78 is 10.5. The molecular formula is C17H30N2O4. The highest BCUT2D eigenvalue weighted by atomic mass is 16.6. The van der Waals surface area contributed by atoms with Gasteiger partial charge in [-0.05, 0) is 60.5 Å². The molecule has 0 aliphatic carbocycles. The van der Waals surface area contributed by atoms with E-state index in [9.17, 15) is 9.59 Å². The van der Waals surface area contributed by atoms with Gasteiger partial charge in [-0.25, -0.2) is 4.79 Å². The van der Waals surface area contributed by atoms with Gasteiger partial charge in [-0.3, -0.25) is 9.69 Å². The number of esters is 1. The maximum absolute atomic E-state index is 12.0. The molecule has 0 N–H and O–H groups in total. The second-order valence-corrected chi connectivity index (χ2v) is 7.85. The zero-order valence-electron chi connectivity index (χ0n) is 15.1. The Morgan fingerprint density at radius 1 is 1.17 bits per heavy atom. The van der Waals surface area contributed by atoms with E-state index in [2.05, 4.69) is 11.8 Å². The van der Waals surface area contributed by atoms with Crippen LogP contribution < -0.4 is 0 Å². The summed E-state index contributed by atoms with van der Waals surface area (Å²) in [6, 6.07) is 0. The molecule has 0 aromatic carbocycles. The van der Waals surface area contributed by atoms with Gasteiger partial charge >= 0.3 is 12.1 Å². The van der Waals surface area contributed by atoms with E-state index in [4.69, 9.17) is 9.47 Å². The van der Waals surface area contributed by atoms with Gasteiger partial charge in [-0.1, -0.05) is 0 Å². The molecule has 2 rings (SSSR count). The van der Waals surface area contributed by atoms with E-state index in [0.717, 1.165) is 25.9 Å². The van der Waals surface area contributed by atoms with E-state index in [1.807, 2.05) is 27.7 Å². The molecule has 6 heteroatoms. The number of nitrogens with zero attached hydrogens (tertiary/aromatic N) is 2. The summed E-state index contributed by atoms with van der Waals surface area (Å²) in [6.07, 6.45) is 1.43. The highest BCUT2D eigenvalue weighted by Gasteiger charge is 2.47. The number of amides is 1. The molecule has 1 amide bonds. The predicted molar refractivity (Wildman–Crippen MR) is 87.1 cm³/mol. The lowest BCUT2D eigenvalue weighted by atomic mass is 9.86. The van der Waals surface area contributed by atoms with Crippen LogP contribution in [0.5, 0.6) is 0 Å². The molecule has 0 bridgehead atoms. The third kappa shape index (κ3) is 4.37. The molecule has 2 aliphatic rings. The first kappa shape index (κ1) is 18.0. The molecule has 0 atom stereocenters. The second kappa shape index (κ2) is 6.67. The average Bonchev–Trinajstić information content (AvgIpc) is 2.42. The van der Waals surface area contributed by atoms with E-state index in [-0.39, 0.29) is 23.5 Å². The molecule has 0 saturated carbocycles. The summed E-state index contributed by atoms with van der Waals surface area (Å²) in [5.74, 6) is -0.0434. The van der Waals surface area contributed by atoms with Gasteiger partial charge in [0, 0.05) is 13.1 Å². The van der Waals surface area contributed by atoms with Crippen LogP contribution in [0.15, 0.2) is 0 Å². The van der Waals surface area contributed by atoms with Crippen molar-refractivity contribution in [3.63, 3.8) is 0 Å². The van der Waals surface area contributed by atoms with Crippen molar-refractivity contribution in [2.75, 3.05) is 32.8 Å². The molecular weight excluding hydrogens is 296 g/mol. The number of carbonyl (C=O) groups is 2. The Kier molecular flexibility index (Phi) is 5.23. The number of piperidine rings is 1. The fourth-order valence-corrected chi connectivity index (χ4v) is 3.35. The van der Waals surface area contributed by atoms with Gasteiger partial charge in [0.1, 0.15) is 5.60 Å². The maximum Gasteiger partial charge on any atom is 0.410 e. The minimum Gasteiger partial charge on any atom is -0.466 e. The highest BCUT2D eigenvalue weighted by Crippen LogP contribution is 2.32. The molecule has 0 aromatic heterocycles. The fourth-order valence-electron chi connectivity index (χ4n) is 3.35. The Labute approximate surface area is 139 Å². The third-order valence-electron chi connectivity index (χ3n) is 4.59. The highest BCUT2D eigenvalue weighted by molar-refractivity contribution is 5.72. The van der Waals surface area contributed by atoms with Crippen molar-refractivity contribution in [2.24, 2.45) is 5.92 Å². The summed E-state index contributed by atoms with van der Waals surface area (Å²) in [7, 11) is 0. The Morgan fingerprint density at radius 3 is 2.22 bits per heavy atom. The smallest absolute Gasteiger partial charge is 0.410 e. The van der Waals surface area contributed by atoms with Crippen molar-refractivity contribution < 1.29 is 19.1 Å². The Morgan fingerprint density at radius 2 is 1.74 bits per heavy atom. The van der Waals surface area contributed by atoms with Crippen LogP contribution in [0.2, 0.25) is 0 Å². The number of hydrogen-bond donors (Lipinski definition) is 0. The summed E-state index contributed by atoms with van der Waals surface area (Å²) in [5.41, 5.74) is -0.461. The number of likely N-dealkylation sites (tertiary alicyclic amines) is 2. The van der Waals surface area contributed by atoms with E-state index in [1.54, 1.807) is 4.90 Å². The lowest BCUT2D eigenvalue weighted by Gasteiger charge is -2.55. The molecule has 0 unspecified atom stereocenters. The van der Waals surface area contributed by atoms with Crippen LogP contribution in [-0.2, 0) is 14.3 Å². The third-order valence-corrected chi connectivity index (χ3v) is 4.59. The number of carbonyl (C=O) groups excluding carboxylic acids is 2. The Hall–Kier alpha value is -1.30. The minimum atomic E-state index is -0.457. The molecule has 2 fully saturated rings. The maximum atomic E-state index is 12.0. The summed E-state index contributed by atoms with van der Waals surface area (Å²) in [4.78, 5) is 28.0. The molecule has 2 heterocycles. The molecule has 0 spiro atoms. The molecule has 132 valence electrons. The Balaban J connectivity index is 1.79. The summed E-state index contributed by atoms with van der Waals surface area (Å²) >= 11 is 0. The molecule has 0 aromatic rings. The first-order valence-electron chi connectivity index (χ1n) is 8.54. The molecule has 2 aliphatic heterocycles. The van der Waals surface area contributed by atoms with Crippen LogP contribution in [0, 0.1) is 5.92 Å². The number of hydrogen-bond acceptors (Lipinski definition) is 5. The van der Waals surface area contributed by atoms with Crippen LogP contribution >= 0.6 is 0 Å². The van der Waals surface area contributed by atoms with E-state index < -0.39 is 5.60 Å². The molecule has 2 saturated heterocycles. The zero-order chi connectivity index (χ0) is 17.3. The minimum absolute atomic E-state index is 0.00344. The van der Waals surface area contributed by atoms with E-state index >= 15 is 0 Å². The number of ether oxygens (including phenoxy) is 2. The first-order valence-corrected chi connectivity index (χ1v) is 8.54. The average molecular weight is 326 g/mol. The van der Waals surface area contributed by atoms with E-state index in [0.29, 0.717) is 19.7 Å². The normalized spacial score (nSPS) is 22.4. The topological polar surface area (TPSA) is 59.1 Å². The van der Waals surface area contributed by atoms with Crippen molar-refractivity contribution in [1.82, 2.24) is 9.80 Å². The monoisotopic (exact) mass is 326 g/mol. The predicted octanol–water partition coefficient (Wildman–Crippen LogP) is 2.27. The van der Waals surface area contributed by atoms with Gasteiger partial charge in [0.05, 0.1) is 18.1 Å². The van der Waals surface area contributed by atoms with Gasteiger partial charge < -0.3 is 14.4 Å². The van der Waals surface area contributed by atoms with Gasteiger partial charge in [-0.15, -0.1) is 0 Å². The van der Waals surface area contributed by atoms with Gasteiger partial charge in [0.25, 0.3) is 0 Å². The lowest BCUT2D eigenvalue weighted by molar-refractivity contribution is -0.151. The van der Waals surface area contributed by atoms with E-state index in [1.165, 1.54) is 0 Å². The molecule has 23 heavy (non-hydrogen) atoms. The second-order valence-electron chi connectivity index (χ2n) is 7.85. The summed E-state index contributed by atoms with van der Waals surface area (Å²) in [6.45, 7) is 13.2. The fraction of sp³-hybridized carbons (Fsp3) is 0.882. The van der Waals surface area contributed by atoms with Crippen molar-refractivity contribution in [3.8, 4) is 0 Å². The van der Waals surface area contributed by atoms with Crippen LogP contribution in [0.4, 0.5) is 4.79 Å². The summed E-state index contributed by atoms with van der Waals surface area (Å²) in [5, 5.41) is 0. The lowest BCUT2D eigenvalue weighted by Crippen LogP contribution is -2.70.